The number of nitrogens with zero attached hydrogens (tertiary/aromatic N) is 5. The van der Waals surface area contributed by atoms with E-state index in [1.807, 2.05) is 31.5 Å². The highest BCUT2D eigenvalue weighted by Gasteiger charge is 2.26. The Hall–Kier alpha value is -3.13. The highest BCUT2D eigenvalue weighted by molar-refractivity contribution is 6.38. The molecule has 0 aliphatic heterocycles. The Kier molecular flexibility index (Phi) is 4.27. The second-order valence-electron chi connectivity index (χ2n) is 8.16. The third-order valence-electron chi connectivity index (χ3n) is 4.75. The lowest BCUT2D eigenvalue weighted by molar-refractivity contribution is 0.0827. The van der Waals surface area contributed by atoms with Crippen molar-refractivity contribution in [3.63, 3.8) is 0 Å². The predicted octanol–water partition coefficient (Wildman–Crippen LogP) is 3.67. The molecule has 0 fully saturated rings. The summed E-state index contributed by atoms with van der Waals surface area (Å²) in [5, 5.41) is 6.72. The molecule has 3 heterocycles. The molecule has 0 saturated heterocycles. The maximum Gasteiger partial charge on any atom is 0.253 e. The largest absolute Gasteiger partial charge is 0.383 e. The van der Waals surface area contributed by atoms with Crippen LogP contribution in [0, 0.1) is 0 Å². The molecule has 0 spiro atoms. The van der Waals surface area contributed by atoms with E-state index in [0.717, 1.165) is 10.9 Å². The number of H-pyrrole nitrogens is 1. The second-order valence-corrected chi connectivity index (χ2v) is 8.54. The van der Waals surface area contributed by atoms with E-state index in [1.54, 1.807) is 26.2 Å². The average molecular weight is 412 g/mol. The van der Waals surface area contributed by atoms with Crippen LogP contribution >= 0.6 is 11.6 Å². The number of nitrogens with two attached hydrogens (primary N) is 1. The second kappa shape index (κ2) is 6.45. The molecule has 3 N–H and O–H groups in total. The number of carbonyl (C=O) groups is 1. The van der Waals surface area contributed by atoms with Gasteiger partial charge in [0.05, 0.1) is 21.6 Å². The lowest BCUT2D eigenvalue weighted by Gasteiger charge is -2.19. The van der Waals surface area contributed by atoms with Gasteiger partial charge in [-0.2, -0.15) is 5.10 Å². The van der Waals surface area contributed by atoms with Crippen molar-refractivity contribution in [3.05, 3.63) is 35.1 Å². The molecule has 0 aliphatic carbocycles. The lowest BCUT2D eigenvalue weighted by atomic mass is 10.1. The van der Waals surface area contributed by atoms with Gasteiger partial charge >= 0.3 is 0 Å². The molecule has 9 heteroatoms. The van der Waals surface area contributed by atoms with Crippen LogP contribution in [-0.2, 0) is 5.54 Å². The van der Waals surface area contributed by atoms with E-state index in [2.05, 4.69) is 15.0 Å². The van der Waals surface area contributed by atoms with Gasteiger partial charge in [0.1, 0.15) is 17.8 Å². The Morgan fingerprint density at radius 3 is 2.62 bits per heavy atom. The molecule has 0 saturated carbocycles. The minimum atomic E-state index is -0.318. The number of hydrogen-bond acceptors (Lipinski definition) is 5. The summed E-state index contributed by atoms with van der Waals surface area (Å²) >= 11 is 6.70. The van der Waals surface area contributed by atoms with Crippen molar-refractivity contribution in [2.24, 2.45) is 0 Å². The highest BCUT2D eigenvalue weighted by Crippen LogP contribution is 2.39. The Balaban J connectivity index is 1.99. The zero-order chi connectivity index (χ0) is 21.1. The van der Waals surface area contributed by atoms with Crippen LogP contribution in [0.4, 0.5) is 5.82 Å². The van der Waals surface area contributed by atoms with Gasteiger partial charge in [0.2, 0.25) is 0 Å². The first-order chi connectivity index (χ1) is 13.6. The van der Waals surface area contributed by atoms with E-state index in [1.165, 1.54) is 11.2 Å². The Labute approximate surface area is 172 Å². The van der Waals surface area contributed by atoms with Crippen molar-refractivity contribution in [1.82, 2.24) is 29.6 Å². The van der Waals surface area contributed by atoms with E-state index in [4.69, 9.17) is 22.4 Å². The van der Waals surface area contributed by atoms with Crippen molar-refractivity contribution in [3.8, 4) is 11.4 Å². The fraction of sp³-hybridized carbons (Fsp3) is 0.300. The molecule has 0 atom stereocenters. The third-order valence-corrected chi connectivity index (χ3v) is 5.15. The van der Waals surface area contributed by atoms with Crippen molar-refractivity contribution in [2.75, 3.05) is 19.8 Å². The van der Waals surface area contributed by atoms with E-state index in [0.29, 0.717) is 38.8 Å². The number of nitrogen functional groups attached to an aromatic ring is 1. The number of aromatic amines is 1. The molecular formula is C20H22ClN7O. The fourth-order valence-corrected chi connectivity index (χ4v) is 3.64. The first kappa shape index (κ1) is 19.2. The summed E-state index contributed by atoms with van der Waals surface area (Å²) in [6.07, 6.45) is 1.43. The SMILES string of the molecule is CN(C)C(=O)c1ccc2c(Cl)c(-c3nn(C(C)(C)C)c4ncnc(N)c34)[nH]c2c1. The van der Waals surface area contributed by atoms with E-state index in [-0.39, 0.29) is 11.4 Å². The number of rotatable bonds is 2. The zero-order valence-corrected chi connectivity index (χ0v) is 17.7. The fourth-order valence-electron chi connectivity index (χ4n) is 3.33. The topological polar surface area (TPSA) is 106 Å². The maximum atomic E-state index is 12.3. The molecule has 8 nitrogen and oxygen atoms in total. The summed E-state index contributed by atoms with van der Waals surface area (Å²) in [6.45, 7) is 6.11. The highest BCUT2D eigenvalue weighted by atomic mass is 35.5. The summed E-state index contributed by atoms with van der Waals surface area (Å²) in [5.41, 5.74) is 9.01. The zero-order valence-electron chi connectivity index (χ0n) is 16.9. The Morgan fingerprint density at radius 1 is 1.24 bits per heavy atom. The standard InChI is InChI=1S/C20H22ClN7O/c1-20(2,3)28-18-13(17(22)23-9-24-18)15(26-28)16-14(21)11-7-6-10(8-12(11)25-16)19(29)27(4)5/h6-9,25H,1-5H3,(H2,22,23,24). The number of anilines is 1. The van der Waals surface area contributed by atoms with Gasteiger partial charge in [0.25, 0.3) is 5.91 Å². The summed E-state index contributed by atoms with van der Waals surface area (Å²) in [6, 6.07) is 5.38. The van der Waals surface area contributed by atoms with Crippen LogP contribution in [0.25, 0.3) is 33.3 Å². The smallest absolute Gasteiger partial charge is 0.253 e. The molecular weight excluding hydrogens is 390 g/mol. The summed E-state index contributed by atoms with van der Waals surface area (Å²) < 4.78 is 1.82. The van der Waals surface area contributed by atoms with Crippen molar-refractivity contribution in [1.29, 1.82) is 0 Å². The number of halogens is 1. The maximum absolute atomic E-state index is 12.3. The average Bonchev–Trinajstić information content (AvgIpc) is 3.19. The Bertz CT molecular complexity index is 1260. The van der Waals surface area contributed by atoms with Crippen molar-refractivity contribution < 1.29 is 4.79 Å². The predicted molar refractivity (Wildman–Crippen MR) is 115 cm³/mol. The first-order valence-corrected chi connectivity index (χ1v) is 9.50. The molecule has 0 bridgehead atoms. The number of carbonyl (C=O) groups excluding carboxylic acids is 1. The molecule has 150 valence electrons. The summed E-state index contributed by atoms with van der Waals surface area (Å²) in [4.78, 5) is 25.7. The number of hydrogen-bond donors (Lipinski definition) is 2. The molecule has 0 unspecified atom stereocenters. The van der Waals surface area contributed by atoms with Crippen LogP contribution < -0.4 is 5.73 Å². The molecule has 29 heavy (non-hydrogen) atoms. The minimum Gasteiger partial charge on any atom is -0.383 e. The minimum absolute atomic E-state index is 0.0840. The monoisotopic (exact) mass is 411 g/mol. The van der Waals surface area contributed by atoms with Gasteiger partial charge in [-0.15, -0.1) is 0 Å². The van der Waals surface area contributed by atoms with Crippen LogP contribution in [0.5, 0.6) is 0 Å². The third kappa shape index (κ3) is 3.00. The van der Waals surface area contributed by atoms with Gasteiger partial charge in [-0.05, 0) is 32.9 Å². The molecule has 3 aromatic heterocycles. The van der Waals surface area contributed by atoms with Crippen LogP contribution in [0.2, 0.25) is 5.02 Å². The van der Waals surface area contributed by atoms with Gasteiger partial charge in [0.15, 0.2) is 5.65 Å². The summed E-state index contributed by atoms with van der Waals surface area (Å²) in [7, 11) is 3.43. The van der Waals surface area contributed by atoms with E-state index < -0.39 is 0 Å². The molecule has 1 aromatic carbocycles. The molecule has 1 amide bonds. The van der Waals surface area contributed by atoms with Crippen LogP contribution in [0.15, 0.2) is 24.5 Å². The van der Waals surface area contributed by atoms with Gasteiger partial charge in [-0.25, -0.2) is 14.6 Å². The van der Waals surface area contributed by atoms with Crippen LogP contribution in [0.3, 0.4) is 0 Å². The van der Waals surface area contributed by atoms with Gasteiger partial charge < -0.3 is 15.6 Å². The van der Waals surface area contributed by atoms with Gasteiger partial charge in [-0.1, -0.05) is 17.7 Å². The van der Waals surface area contributed by atoms with Crippen LogP contribution in [0.1, 0.15) is 31.1 Å². The molecule has 4 rings (SSSR count). The number of nitrogens with one attached hydrogen (secondary N) is 1. The number of amides is 1. The Morgan fingerprint density at radius 2 is 1.97 bits per heavy atom. The molecule has 0 aliphatic rings. The lowest BCUT2D eigenvalue weighted by Crippen LogP contribution is -2.23. The normalized spacial score (nSPS) is 12.1. The number of benzene rings is 1. The first-order valence-electron chi connectivity index (χ1n) is 9.12. The van der Waals surface area contributed by atoms with Crippen molar-refractivity contribution >= 4 is 45.3 Å². The van der Waals surface area contributed by atoms with E-state index in [9.17, 15) is 4.79 Å². The van der Waals surface area contributed by atoms with Gasteiger partial charge in [0, 0.05) is 30.6 Å². The number of fused-ring (bicyclic) bond motifs is 2. The summed E-state index contributed by atoms with van der Waals surface area (Å²) in [5.74, 6) is 0.248. The molecule has 0 radical (unpaired) electrons. The molecule has 4 aromatic rings. The quantitative estimate of drug-likeness (QED) is 0.523. The van der Waals surface area contributed by atoms with Gasteiger partial charge in [-0.3, -0.25) is 4.79 Å². The van der Waals surface area contributed by atoms with Crippen molar-refractivity contribution in [2.45, 2.75) is 26.3 Å². The number of aromatic nitrogens is 5. The van der Waals surface area contributed by atoms with Crippen LogP contribution in [-0.4, -0.2) is 49.6 Å². The van der Waals surface area contributed by atoms with E-state index >= 15 is 0 Å².